The van der Waals surface area contributed by atoms with Gasteiger partial charge in [0.05, 0.1) is 16.8 Å². The highest BCUT2D eigenvalue weighted by Gasteiger charge is 2.14. The quantitative estimate of drug-likeness (QED) is 0.912. The van der Waals surface area contributed by atoms with Crippen molar-refractivity contribution in [1.82, 2.24) is 4.98 Å². The van der Waals surface area contributed by atoms with Crippen molar-refractivity contribution >= 4 is 11.6 Å². The van der Waals surface area contributed by atoms with Gasteiger partial charge in [-0.25, -0.2) is 9.37 Å². The Morgan fingerprint density at radius 1 is 1.41 bits per heavy atom. The Balaban J connectivity index is 2.30. The van der Waals surface area contributed by atoms with Gasteiger partial charge in [0.25, 0.3) is 0 Å². The summed E-state index contributed by atoms with van der Waals surface area (Å²) in [4.78, 5) is 4.06. The van der Waals surface area contributed by atoms with Crippen molar-refractivity contribution in [3.63, 3.8) is 0 Å². The molecular formula is C12H12ClFN2O. The molecule has 0 bridgehead atoms. The summed E-state index contributed by atoms with van der Waals surface area (Å²) in [7, 11) is 0. The van der Waals surface area contributed by atoms with Crippen LogP contribution in [0.3, 0.4) is 0 Å². The molecule has 3 nitrogen and oxygen atoms in total. The van der Waals surface area contributed by atoms with Gasteiger partial charge in [0.2, 0.25) is 0 Å². The molecule has 0 aliphatic carbocycles. The molecule has 0 aliphatic heterocycles. The first kappa shape index (κ1) is 12.1. The Hall–Kier alpha value is -1.39. The van der Waals surface area contributed by atoms with E-state index in [0.717, 1.165) is 6.42 Å². The van der Waals surface area contributed by atoms with Gasteiger partial charge in [0.1, 0.15) is 5.82 Å². The van der Waals surface area contributed by atoms with Crippen molar-refractivity contribution in [2.24, 2.45) is 5.73 Å². The summed E-state index contributed by atoms with van der Waals surface area (Å²) in [6, 6.07) is 4.50. The maximum absolute atomic E-state index is 13.6. The molecule has 2 rings (SSSR count). The van der Waals surface area contributed by atoms with E-state index in [4.69, 9.17) is 21.8 Å². The fourth-order valence-corrected chi connectivity index (χ4v) is 1.78. The molecule has 5 heteroatoms. The van der Waals surface area contributed by atoms with E-state index in [1.54, 1.807) is 12.1 Å². The Morgan fingerprint density at radius 2 is 2.24 bits per heavy atom. The first-order chi connectivity index (χ1) is 8.22. The van der Waals surface area contributed by atoms with E-state index >= 15 is 0 Å². The third-order valence-electron chi connectivity index (χ3n) is 2.36. The maximum atomic E-state index is 13.6. The highest BCUT2D eigenvalue weighted by atomic mass is 35.5. The molecule has 1 heterocycles. The second-order valence-electron chi connectivity index (χ2n) is 3.61. The third kappa shape index (κ3) is 2.65. The van der Waals surface area contributed by atoms with E-state index < -0.39 is 5.82 Å². The number of aryl methyl sites for hydroxylation is 1. The Morgan fingerprint density at radius 3 is 2.94 bits per heavy atom. The van der Waals surface area contributed by atoms with Crippen LogP contribution in [0.1, 0.15) is 12.3 Å². The van der Waals surface area contributed by atoms with Crippen LogP contribution >= 0.6 is 11.6 Å². The second kappa shape index (κ2) is 5.29. The van der Waals surface area contributed by atoms with Gasteiger partial charge in [-0.05, 0) is 25.1 Å². The summed E-state index contributed by atoms with van der Waals surface area (Å²) >= 11 is 5.93. The topological polar surface area (TPSA) is 52.0 Å². The van der Waals surface area contributed by atoms with Gasteiger partial charge in [0.15, 0.2) is 11.7 Å². The van der Waals surface area contributed by atoms with Crippen molar-refractivity contribution in [2.45, 2.75) is 12.8 Å². The molecule has 0 fully saturated rings. The highest BCUT2D eigenvalue weighted by Crippen LogP contribution is 2.30. The van der Waals surface area contributed by atoms with Gasteiger partial charge in [0, 0.05) is 6.42 Å². The number of hydrogen-bond acceptors (Lipinski definition) is 3. The standard InChI is InChI=1S/C12H12ClFN2O/c13-8-3-1-4-9(14)12(8)10-7-16-11(17-10)5-2-6-15/h1,3-4,7H,2,5-6,15H2. The number of halogens is 2. The molecule has 0 aliphatic rings. The summed E-state index contributed by atoms with van der Waals surface area (Å²) in [6.07, 6.45) is 2.91. The van der Waals surface area contributed by atoms with Crippen molar-refractivity contribution < 1.29 is 8.81 Å². The lowest BCUT2D eigenvalue weighted by molar-refractivity contribution is 0.496. The van der Waals surface area contributed by atoms with E-state index in [2.05, 4.69) is 4.98 Å². The minimum Gasteiger partial charge on any atom is -0.441 e. The molecule has 2 N–H and O–H groups in total. The zero-order valence-corrected chi connectivity index (χ0v) is 9.88. The third-order valence-corrected chi connectivity index (χ3v) is 2.67. The number of nitrogens with zero attached hydrogens (tertiary/aromatic N) is 1. The van der Waals surface area contributed by atoms with Crippen LogP contribution in [-0.2, 0) is 6.42 Å². The summed E-state index contributed by atoms with van der Waals surface area (Å²) in [5.74, 6) is 0.476. The van der Waals surface area contributed by atoms with Crippen molar-refractivity contribution in [3.8, 4) is 11.3 Å². The summed E-state index contributed by atoms with van der Waals surface area (Å²) in [5, 5.41) is 0.312. The van der Waals surface area contributed by atoms with E-state index in [1.807, 2.05) is 0 Å². The fourth-order valence-electron chi connectivity index (χ4n) is 1.53. The normalized spacial score (nSPS) is 10.8. The molecule has 0 spiro atoms. The fraction of sp³-hybridized carbons (Fsp3) is 0.250. The van der Waals surface area contributed by atoms with Crippen LogP contribution in [-0.4, -0.2) is 11.5 Å². The number of oxazole rings is 1. The molecule has 0 radical (unpaired) electrons. The summed E-state index contributed by atoms with van der Waals surface area (Å²) in [6.45, 7) is 0.568. The monoisotopic (exact) mass is 254 g/mol. The van der Waals surface area contributed by atoms with E-state index in [1.165, 1.54) is 12.3 Å². The van der Waals surface area contributed by atoms with Gasteiger partial charge >= 0.3 is 0 Å². The van der Waals surface area contributed by atoms with Gasteiger partial charge < -0.3 is 10.2 Å². The van der Waals surface area contributed by atoms with Crippen LogP contribution in [0.4, 0.5) is 4.39 Å². The van der Waals surface area contributed by atoms with E-state index in [9.17, 15) is 4.39 Å². The molecule has 0 atom stereocenters. The Kier molecular flexibility index (Phi) is 3.76. The molecule has 0 saturated carbocycles. The Bertz CT molecular complexity index is 493. The predicted molar refractivity (Wildman–Crippen MR) is 64.3 cm³/mol. The number of hydrogen-bond donors (Lipinski definition) is 1. The van der Waals surface area contributed by atoms with E-state index in [-0.39, 0.29) is 5.56 Å². The van der Waals surface area contributed by atoms with Crippen LogP contribution in [0.2, 0.25) is 5.02 Å². The number of nitrogens with two attached hydrogens (primary N) is 1. The van der Waals surface area contributed by atoms with Crippen molar-refractivity contribution in [3.05, 3.63) is 41.1 Å². The smallest absolute Gasteiger partial charge is 0.194 e. The van der Waals surface area contributed by atoms with Crippen LogP contribution in [0, 0.1) is 5.82 Å². The molecule has 1 aromatic carbocycles. The second-order valence-corrected chi connectivity index (χ2v) is 4.01. The number of aromatic nitrogens is 1. The van der Waals surface area contributed by atoms with Crippen LogP contribution in [0.25, 0.3) is 11.3 Å². The molecule has 0 unspecified atom stereocenters. The first-order valence-corrected chi connectivity index (χ1v) is 5.69. The van der Waals surface area contributed by atoms with Gasteiger partial charge in [-0.1, -0.05) is 17.7 Å². The zero-order chi connectivity index (χ0) is 12.3. The minimum absolute atomic E-state index is 0.251. The SMILES string of the molecule is NCCCc1ncc(-c2c(F)cccc2Cl)o1. The van der Waals surface area contributed by atoms with Gasteiger partial charge in [-0.2, -0.15) is 0 Å². The molecule has 0 saturated heterocycles. The largest absolute Gasteiger partial charge is 0.441 e. The van der Waals surface area contributed by atoms with Gasteiger partial charge in [-0.3, -0.25) is 0 Å². The van der Waals surface area contributed by atoms with Crippen molar-refractivity contribution in [2.75, 3.05) is 6.54 Å². The molecule has 1 aromatic heterocycles. The van der Waals surface area contributed by atoms with Crippen LogP contribution < -0.4 is 5.73 Å². The maximum Gasteiger partial charge on any atom is 0.194 e. The van der Waals surface area contributed by atoms with E-state index in [0.29, 0.717) is 29.6 Å². The average molecular weight is 255 g/mol. The summed E-state index contributed by atoms with van der Waals surface area (Å²) < 4.78 is 19.0. The molecular weight excluding hydrogens is 243 g/mol. The molecule has 90 valence electrons. The highest BCUT2D eigenvalue weighted by molar-refractivity contribution is 6.33. The van der Waals surface area contributed by atoms with Crippen LogP contribution in [0.5, 0.6) is 0 Å². The molecule has 0 amide bonds. The molecule has 2 aromatic rings. The number of rotatable bonds is 4. The van der Waals surface area contributed by atoms with Crippen LogP contribution in [0.15, 0.2) is 28.8 Å². The average Bonchev–Trinajstić information content (AvgIpc) is 2.75. The minimum atomic E-state index is -0.418. The van der Waals surface area contributed by atoms with Crippen molar-refractivity contribution in [1.29, 1.82) is 0 Å². The number of benzene rings is 1. The lowest BCUT2D eigenvalue weighted by atomic mass is 10.2. The first-order valence-electron chi connectivity index (χ1n) is 5.31. The zero-order valence-electron chi connectivity index (χ0n) is 9.12. The Labute approximate surface area is 103 Å². The molecule has 17 heavy (non-hydrogen) atoms. The summed E-state index contributed by atoms with van der Waals surface area (Å²) in [5.41, 5.74) is 5.64. The lowest BCUT2D eigenvalue weighted by Gasteiger charge is -2.01. The predicted octanol–water partition coefficient (Wildman–Crippen LogP) is 3.03. The van der Waals surface area contributed by atoms with Gasteiger partial charge in [-0.15, -0.1) is 0 Å². The lowest BCUT2D eigenvalue weighted by Crippen LogP contribution is -2.00.